The predicted molar refractivity (Wildman–Crippen MR) is 91.7 cm³/mol. The minimum absolute atomic E-state index is 0.104. The molecule has 0 saturated carbocycles. The Morgan fingerprint density at radius 2 is 2.24 bits per heavy atom. The number of hydrogen-bond donors (Lipinski definition) is 2. The van der Waals surface area contributed by atoms with Crippen molar-refractivity contribution in [3.8, 4) is 0 Å². The van der Waals surface area contributed by atoms with Crippen LogP contribution in [0.4, 0.5) is 4.39 Å². The van der Waals surface area contributed by atoms with Gasteiger partial charge in [-0.1, -0.05) is 6.58 Å². The molecule has 132 valence electrons. The molecule has 2 N–H and O–H groups in total. The van der Waals surface area contributed by atoms with E-state index in [4.69, 9.17) is 0 Å². The van der Waals surface area contributed by atoms with E-state index in [1.54, 1.807) is 12.5 Å². The summed E-state index contributed by atoms with van der Waals surface area (Å²) >= 11 is 0. The summed E-state index contributed by atoms with van der Waals surface area (Å²) in [6.07, 6.45) is 4.52. The van der Waals surface area contributed by atoms with Crippen molar-refractivity contribution in [2.45, 2.75) is 19.1 Å². The zero-order chi connectivity index (χ0) is 17.6. The SMILES string of the molecule is C=C(CCn1cnc2cnc3[nH]ccc3c21)NS(=O)(=O)N1CC(F)C1. The molecule has 0 aromatic carbocycles. The van der Waals surface area contributed by atoms with Gasteiger partial charge in [-0.15, -0.1) is 0 Å². The Bertz CT molecular complexity index is 1050. The van der Waals surface area contributed by atoms with Gasteiger partial charge in [0, 0.05) is 43.3 Å². The number of pyridine rings is 1. The second kappa shape index (κ2) is 5.81. The number of nitrogens with one attached hydrogen (secondary N) is 2. The molecule has 0 aliphatic carbocycles. The van der Waals surface area contributed by atoms with Gasteiger partial charge < -0.3 is 9.55 Å². The number of nitrogens with zero attached hydrogens (tertiary/aromatic N) is 4. The molecule has 0 radical (unpaired) electrons. The first-order valence-corrected chi connectivity index (χ1v) is 9.25. The molecule has 0 atom stereocenters. The molecule has 4 rings (SSSR count). The van der Waals surface area contributed by atoms with Gasteiger partial charge in [0.1, 0.15) is 17.3 Å². The van der Waals surface area contributed by atoms with Crippen molar-refractivity contribution in [3.63, 3.8) is 0 Å². The molecule has 3 aromatic heterocycles. The van der Waals surface area contributed by atoms with Crippen molar-refractivity contribution in [2.24, 2.45) is 0 Å². The number of aryl methyl sites for hydroxylation is 1. The zero-order valence-electron chi connectivity index (χ0n) is 13.3. The molecule has 1 aliphatic rings. The Balaban J connectivity index is 1.47. The van der Waals surface area contributed by atoms with Crippen LogP contribution in [0.1, 0.15) is 6.42 Å². The molecule has 0 unspecified atom stereocenters. The van der Waals surface area contributed by atoms with E-state index in [1.807, 2.05) is 16.8 Å². The first kappa shape index (κ1) is 16.0. The lowest BCUT2D eigenvalue weighted by Gasteiger charge is -2.33. The van der Waals surface area contributed by atoms with E-state index in [9.17, 15) is 12.8 Å². The maximum atomic E-state index is 12.8. The third kappa shape index (κ3) is 2.87. The summed E-state index contributed by atoms with van der Waals surface area (Å²) in [5.74, 6) is 0. The first-order valence-electron chi connectivity index (χ1n) is 7.81. The molecule has 4 heterocycles. The summed E-state index contributed by atoms with van der Waals surface area (Å²) in [6.45, 7) is 4.07. The van der Waals surface area contributed by atoms with Crippen LogP contribution in [0.3, 0.4) is 0 Å². The van der Waals surface area contributed by atoms with Crippen LogP contribution in [0.15, 0.2) is 37.1 Å². The molecule has 0 spiro atoms. The number of hydrogen-bond acceptors (Lipinski definition) is 4. The first-order chi connectivity index (χ1) is 11.9. The normalized spacial score (nSPS) is 16.4. The lowest BCUT2D eigenvalue weighted by molar-refractivity contribution is 0.140. The Labute approximate surface area is 143 Å². The minimum atomic E-state index is -3.71. The van der Waals surface area contributed by atoms with E-state index in [1.165, 1.54) is 0 Å². The lowest BCUT2D eigenvalue weighted by Crippen LogP contribution is -2.54. The smallest absolute Gasteiger partial charge is 0.301 e. The van der Waals surface area contributed by atoms with Crippen LogP contribution in [-0.2, 0) is 16.8 Å². The van der Waals surface area contributed by atoms with Gasteiger partial charge >= 0.3 is 10.2 Å². The molecule has 1 saturated heterocycles. The summed E-state index contributed by atoms with van der Waals surface area (Å²) in [4.78, 5) is 11.7. The molecular weight excluding hydrogens is 347 g/mol. The molecule has 8 nitrogen and oxygen atoms in total. The number of aromatic amines is 1. The Hall–Kier alpha value is -2.46. The molecule has 0 amide bonds. The van der Waals surface area contributed by atoms with Crippen molar-refractivity contribution >= 4 is 32.3 Å². The number of H-pyrrole nitrogens is 1. The average molecular weight is 364 g/mol. The maximum Gasteiger partial charge on any atom is 0.301 e. The van der Waals surface area contributed by atoms with E-state index >= 15 is 0 Å². The number of aromatic nitrogens is 4. The highest BCUT2D eigenvalue weighted by Crippen LogP contribution is 2.22. The molecule has 0 bridgehead atoms. The minimum Gasteiger partial charge on any atom is -0.346 e. The van der Waals surface area contributed by atoms with Crippen LogP contribution in [0.5, 0.6) is 0 Å². The summed E-state index contributed by atoms with van der Waals surface area (Å²) in [7, 11) is -3.71. The molecule has 25 heavy (non-hydrogen) atoms. The fourth-order valence-electron chi connectivity index (χ4n) is 2.88. The maximum absolute atomic E-state index is 12.8. The van der Waals surface area contributed by atoms with Crippen LogP contribution < -0.4 is 4.72 Å². The van der Waals surface area contributed by atoms with Crippen LogP contribution in [0.2, 0.25) is 0 Å². The fraction of sp³-hybridized carbons (Fsp3) is 0.333. The van der Waals surface area contributed by atoms with Crippen molar-refractivity contribution < 1.29 is 12.8 Å². The van der Waals surface area contributed by atoms with Crippen LogP contribution in [-0.4, -0.2) is 51.5 Å². The van der Waals surface area contributed by atoms with Gasteiger partial charge in [-0.3, -0.25) is 4.72 Å². The predicted octanol–water partition coefficient (Wildman–Crippen LogP) is 1.30. The molecule has 1 fully saturated rings. The summed E-state index contributed by atoms with van der Waals surface area (Å²) < 4.78 is 42.3. The van der Waals surface area contributed by atoms with Crippen molar-refractivity contribution in [1.82, 2.24) is 28.5 Å². The van der Waals surface area contributed by atoms with Crippen molar-refractivity contribution in [2.75, 3.05) is 13.1 Å². The number of rotatable bonds is 6. The van der Waals surface area contributed by atoms with Gasteiger partial charge in [-0.2, -0.15) is 12.7 Å². The van der Waals surface area contributed by atoms with Gasteiger partial charge in [0.05, 0.1) is 18.0 Å². The van der Waals surface area contributed by atoms with E-state index in [0.717, 1.165) is 26.4 Å². The average Bonchev–Trinajstić information content (AvgIpc) is 3.15. The molecule has 3 aromatic rings. The molecule has 1 aliphatic heterocycles. The van der Waals surface area contributed by atoms with Crippen LogP contribution in [0.25, 0.3) is 22.1 Å². The van der Waals surface area contributed by atoms with Gasteiger partial charge in [-0.25, -0.2) is 14.4 Å². The largest absolute Gasteiger partial charge is 0.346 e. The van der Waals surface area contributed by atoms with Gasteiger partial charge in [0.2, 0.25) is 0 Å². The van der Waals surface area contributed by atoms with Gasteiger partial charge in [-0.05, 0) is 6.07 Å². The second-order valence-electron chi connectivity index (χ2n) is 6.04. The quantitative estimate of drug-likeness (QED) is 0.689. The van der Waals surface area contributed by atoms with Gasteiger partial charge in [0.25, 0.3) is 0 Å². The van der Waals surface area contributed by atoms with E-state index in [2.05, 4.69) is 26.3 Å². The van der Waals surface area contributed by atoms with E-state index < -0.39 is 16.4 Å². The summed E-state index contributed by atoms with van der Waals surface area (Å²) in [5.41, 5.74) is 2.83. The van der Waals surface area contributed by atoms with Crippen LogP contribution >= 0.6 is 0 Å². The van der Waals surface area contributed by atoms with E-state index in [-0.39, 0.29) is 13.1 Å². The second-order valence-corrected chi connectivity index (χ2v) is 7.72. The van der Waals surface area contributed by atoms with Crippen LogP contribution in [0, 0.1) is 0 Å². The number of halogens is 1. The Kier molecular flexibility index (Phi) is 3.73. The molecular formula is C15H17FN6O2S. The highest BCUT2D eigenvalue weighted by atomic mass is 32.2. The number of allylic oxidation sites excluding steroid dienone is 1. The summed E-state index contributed by atoms with van der Waals surface area (Å²) in [6, 6.07) is 1.93. The van der Waals surface area contributed by atoms with Gasteiger partial charge in [0.15, 0.2) is 0 Å². The molecule has 10 heteroatoms. The van der Waals surface area contributed by atoms with E-state index in [0.29, 0.717) is 18.7 Å². The topological polar surface area (TPSA) is 95.9 Å². The summed E-state index contributed by atoms with van der Waals surface area (Å²) in [5, 5.41) is 0.954. The third-order valence-corrected chi connectivity index (χ3v) is 5.76. The standard InChI is InChI=1S/C15H17FN6O2S/c1-10(20-25(23,24)22-7-11(16)8-22)3-5-21-9-19-13-6-18-15-12(14(13)21)2-4-17-15/h2,4,6,9,11,20H,1,3,5,7-8H2,(H,17,18). The highest BCUT2D eigenvalue weighted by molar-refractivity contribution is 7.87. The highest BCUT2D eigenvalue weighted by Gasteiger charge is 2.35. The Morgan fingerprint density at radius 3 is 3.00 bits per heavy atom. The Morgan fingerprint density at radius 1 is 1.44 bits per heavy atom. The number of alkyl halides is 1. The number of imidazole rings is 1. The fourth-order valence-corrected chi connectivity index (χ4v) is 4.19. The van der Waals surface area contributed by atoms with Crippen molar-refractivity contribution in [1.29, 1.82) is 0 Å². The third-order valence-electron chi connectivity index (χ3n) is 4.23. The number of fused-ring (bicyclic) bond motifs is 3. The van der Waals surface area contributed by atoms with Crippen molar-refractivity contribution in [3.05, 3.63) is 37.1 Å². The monoisotopic (exact) mass is 364 g/mol. The lowest BCUT2D eigenvalue weighted by atomic mass is 10.3. The zero-order valence-corrected chi connectivity index (χ0v) is 14.1.